The van der Waals surface area contributed by atoms with Gasteiger partial charge in [0.05, 0.1) is 16.1 Å². The van der Waals surface area contributed by atoms with Crippen LogP contribution in [0.1, 0.15) is 23.6 Å². The van der Waals surface area contributed by atoms with E-state index < -0.39 is 0 Å². The minimum Gasteiger partial charge on any atom is -0.454 e. The maximum atomic E-state index is 6.92. The number of para-hydroxylation sites is 1. The Morgan fingerprint density at radius 1 is 0.491 bits per heavy atom. The summed E-state index contributed by atoms with van der Waals surface area (Å²) in [6.07, 6.45) is 0. The molecule has 2 nitrogen and oxygen atoms in total. The van der Waals surface area contributed by atoms with Crippen molar-refractivity contribution in [1.82, 2.24) is 0 Å². The van der Waals surface area contributed by atoms with Gasteiger partial charge in [0.25, 0.3) is 0 Å². The van der Waals surface area contributed by atoms with Crippen molar-refractivity contribution in [2.24, 2.45) is 0 Å². The number of furan rings is 1. The summed E-state index contributed by atoms with van der Waals surface area (Å²) in [6, 6.07) is 66.1. The van der Waals surface area contributed by atoms with E-state index in [0.717, 1.165) is 39.0 Å². The molecule has 0 saturated heterocycles. The molecular formula is C50H33NOS. The molecule has 0 saturated carbocycles. The molecule has 0 fully saturated rings. The van der Waals surface area contributed by atoms with Gasteiger partial charge in [-0.2, -0.15) is 0 Å². The fourth-order valence-electron chi connectivity index (χ4n) is 8.78. The summed E-state index contributed by atoms with van der Waals surface area (Å²) < 4.78 is 9.46. The van der Waals surface area contributed by atoms with Crippen molar-refractivity contribution >= 4 is 70.5 Å². The molecule has 0 N–H and O–H groups in total. The third kappa shape index (κ3) is 4.44. The van der Waals surface area contributed by atoms with Crippen LogP contribution in [-0.4, -0.2) is 0 Å². The number of fused-ring (bicyclic) bond motifs is 9. The van der Waals surface area contributed by atoms with Gasteiger partial charge in [-0.25, -0.2) is 0 Å². The quantitative estimate of drug-likeness (QED) is 0.178. The summed E-state index contributed by atoms with van der Waals surface area (Å²) in [7, 11) is 0. The lowest BCUT2D eigenvalue weighted by molar-refractivity contribution is 0.667. The predicted octanol–water partition coefficient (Wildman–Crippen LogP) is 14.4. The van der Waals surface area contributed by atoms with Gasteiger partial charge in [-0.1, -0.05) is 140 Å². The molecule has 3 heteroatoms. The Morgan fingerprint density at radius 2 is 1.11 bits per heavy atom. The van der Waals surface area contributed by atoms with E-state index in [1.807, 2.05) is 11.3 Å². The molecule has 250 valence electrons. The molecule has 0 amide bonds. The van der Waals surface area contributed by atoms with Gasteiger partial charge in [0.2, 0.25) is 0 Å². The molecule has 1 aliphatic rings. The van der Waals surface area contributed by atoms with Crippen molar-refractivity contribution in [3.8, 4) is 22.3 Å². The van der Waals surface area contributed by atoms with Gasteiger partial charge in [0.15, 0.2) is 5.58 Å². The Hall–Kier alpha value is -6.42. The number of hydrogen-bond donors (Lipinski definition) is 0. The third-order valence-corrected chi connectivity index (χ3v) is 12.6. The first kappa shape index (κ1) is 30.2. The van der Waals surface area contributed by atoms with Crippen LogP contribution in [0.3, 0.4) is 0 Å². The first-order valence-corrected chi connectivity index (χ1v) is 19.0. The van der Waals surface area contributed by atoms with Crippen LogP contribution in [0, 0.1) is 0 Å². The molecule has 8 aromatic carbocycles. The van der Waals surface area contributed by atoms with Crippen LogP contribution in [0.2, 0.25) is 0 Å². The zero-order chi connectivity index (χ0) is 35.1. The number of rotatable bonds is 5. The van der Waals surface area contributed by atoms with Crippen molar-refractivity contribution < 1.29 is 4.42 Å². The van der Waals surface area contributed by atoms with E-state index in [-0.39, 0.29) is 5.41 Å². The number of hydrogen-bond acceptors (Lipinski definition) is 3. The third-order valence-electron chi connectivity index (χ3n) is 11.4. The first-order valence-electron chi connectivity index (χ1n) is 18.2. The van der Waals surface area contributed by atoms with Gasteiger partial charge in [0.1, 0.15) is 5.58 Å². The van der Waals surface area contributed by atoms with E-state index in [0.29, 0.717) is 0 Å². The molecule has 2 heterocycles. The van der Waals surface area contributed by atoms with Gasteiger partial charge in [0, 0.05) is 37.3 Å². The fourth-order valence-corrected chi connectivity index (χ4v) is 9.99. The van der Waals surface area contributed by atoms with Gasteiger partial charge < -0.3 is 9.32 Å². The van der Waals surface area contributed by atoms with Crippen LogP contribution in [0.4, 0.5) is 17.1 Å². The Morgan fingerprint density at radius 3 is 1.89 bits per heavy atom. The normalized spacial score (nSPS) is 13.2. The SMILES string of the molecule is CC1(c2ccc3oc4c(N(c5ccc(-c6ccccc6)cc5)c5cccc6c5sc5ccccc56)cccc4c3c2)c2ccccc2-c2ccccc21. The van der Waals surface area contributed by atoms with E-state index in [2.05, 4.69) is 194 Å². The van der Waals surface area contributed by atoms with Crippen molar-refractivity contribution in [3.63, 3.8) is 0 Å². The van der Waals surface area contributed by atoms with Crippen LogP contribution >= 0.6 is 11.3 Å². The van der Waals surface area contributed by atoms with E-state index in [9.17, 15) is 0 Å². The second-order valence-electron chi connectivity index (χ2n) is 14.2. The molecule has 0 atom stereocenters. The van der Waals surface area contributed by atoms with E-state index in [4.69, 9.17) is 4.42 Å². The molecule has 11 rings (SSSR count). The van der Waals surface area contributed by atoms with E-state index in [1.165, 1.54) is 59.1 Å². The molecule has 2 aromatic heterocycles. The highest BCUT2D eigenvalue weighted by atomic mass is 32.1. The summed E-state index contributed by atoms with van der Waals surface area (Å²) in [5.74, 6) is 0. The summed E-state index contributed by atoms with van der Waals surface area (Å²) in [6.45, 7) is 2.37. The number of benzene rings is 8. The van der Waals surface area contributed by atoms with Gasteiger partial charge in [-0.05, 0) is 88.3 Å². The molecule has 0 aliphatic heterocycles. The molecular weight excluding hydrogens is 663 g/mol. The highest BCUT2D eigenvalue weighted by Crippen LogP contribution is 2.53. The number of nitrogens with zero attached hydrogens (tertiary/aromatic N) is 1. The number of thiophene rings is 1. The fraction of sp³-hybridized carbons (Fsp3) is 0.0400. The monoisotopic (exact) mass is 695 g/mol. The number of anilines is 3. The molecule has 0 unspecified atom stereocenters. The Kier molecular flexibility index (Phi) is 6.58. The molecule has 0 bridgehead atoms. The zero-order valence-electron chi connectivity index (χ0n) is 29.1. The molecule has 53 heavy (non-hydrogen) atoms. The smallest absolute Gasteiger partial charge is 0.159 e. The summed E-state index contributed by atoms with van der Waals surface area (Å²) in [5, 5.41) is 4.78. The largest absolute Gasteiger partial charge is 0.454 e. The van der Waals surface area contributed by atoms with Crippen molar-refractivity contribution in [2.45, 2.75) is 12.3 Å². The van der Waals surface area contributed by atoms with E-state index in [1.54, 1.807) is 0 Å². The predicted molar refractivity (Wildman–Crippen MR) is 224 cm³/mol. The maximum Gasteiger partial charge on any atom is 0.159 e. The molecule has 0 radical (unpaired) electrons. The van der Waals surface area contributed by atoms with Crippen molar-refractivity contribution in [2.75, 3.05) is 4.90 Å². The first-order chi connectivity index (χ1) is 26.2. The highest BCUT2D eigenvalue weighted by molar-refractivity contribution is 7.26. The van der Waals surface area contributed by atoms with Crippen LogP contribution in [0.15, 0.2) is 186 Å². The average molecular weight is 696 g/mol. The van der Waals surface area contributed by atoms with Crippen molar-refractivity contribution in [1.29, 1.82) is 0 Å². The second-order valence-corrected chi connectivity index (χ2v) is 15.2. The Bertz CT molecular complexity index is 2980. The van der Waals surface area contributed by atoms with Crippen LogP contribution in [-0.2, 0) is 5.41 Å². The van der Waals surface area contributed by atoms with Crippen LogP contribution < -0.4 is 4.90 Å². The Balaban J connectivity index is 1.13. The molecule has 0 spiro atoms. The minimum absolute atomic E-state index is 0.286. The lowest BCUT2D eigenvalue weighted by atomic mass is 9.74. The van der Waals surface area contributed by atoms with Crippen LogP contribution in [0.25, 0.3) is 64.4 Å². The second kappa shape index (κ2) is 11.5. The van der Waals surface area contributed by atoms with Gasteiger partial charge in [-0.3, -0.25) is 0 Å². The lowest BCUT2D eigenvalue weighted by Crippen LogP contribution is -2.22. The Labute approximate surface area is 311 Å². The summed E-state index contributed by atoms with van der Waals surface area (Å²) >= 11 is 1.85. The maximum absolute atomic E-state index is 6.92. The lowest BCUT2D eigenvalue weighted by Gasteiger charge is -2.28. The molecule has 1 aliphatic carbocycles. The summed E-state index contributed by atoms with van der Waals surface area (Å²) in [4.78, 5) is 2.39. The average Bonchev–Trinajstić information content (AvgIpc) is 3.88. The zero-order valence-corrected chi connectivity index (χ0v) is 29.9. The van der Waals surface area contributed by atoms with E-state index >= 15 is 0 Å². The van der Waals surface area contributed by atoms with Crippen LogP contribution in [0.5, 0.6) is 0 Å². The summed E-state index contributed by atoms with van der Waals surface area (Å²) in [5.41, 5.74) is 13.7. The highest BCUT2D eigenvalue weighted by Gasteiger charge is 2.40. The molecule has 10 aromatic rings. The van der Waals surface area contributed by atoms with Crippen molar-refractivity contribution in [3.05, 3.63) is 199 Å². The minimum atomic E-state index is -0.286. The topological polar surface area (TPSA) is 16.4 Å². The van der Waals surface area contributed by atoms with Gasteiger partial charge >= 0.3 is 0 Å². The standard InChI is InChI=1S/C50H33NOS/c1-50(42-20-8-5-15-36(42)37-16-6-9-21-43(37)50)34-27-30-46-41(31-34)39-18-11-22-44(48(39)52-46)51(35-28-25-33(26-29-35)32-13-3-2-4-14-32)45-23-12-19-40-38-17-7-10-24-47(38)53-49(40)45/h2-31H,1H3. The van der Waals surface area contributed by atoms with Gasteiger partial charge in [-0.15, -0.1) is 11.3 Å².